The van der Waals surface area contributed by atoms with Gasteiger partial charge in [-0.05, 0) is 23.3 Å². The fourth-order valence-corrected chi connectivity index (χ4v) is 4.47. The minimum Gasteiger partial charge on any atom is -0.248 e. The standard InChI is InChI=1S/C24H23NSi/c1-26(2,3)20-14-15-23-22(16-20)21(18-10-6-4-7-11-18)17-24(25-23)19-12-8-5-9-13-19/h4-17H,1-3H3. The Morgan fingerprint density at radius 3 is 1.88 bits per heavy atom. The molecule has 0 aliphatic heterocycles. The topological polar surface area (TPSA) is 12.9 Å². The van der Waals surface area contributed by atoms with Crippen molar-refractivity contribution in [3.8, 4) is 22.4 Å². The average Bonchev–Trinajstić information content (AvgIpc) is 2.67. The summed E-state index contributed by atoms with van der Waals surface area (Å²) >= 11 is 0. The number of fused-ring (bicyclic) bond motifs is 1. The maximum absolute atomic E-state index is 4.97. The summed E-state index contributed by atoms with van der Waals surface area (Å²) in [6.07, 6.45) is 0. The van der Waals surface area contributed by atoms with Crippen LogP contribution in [0.1, 0.15) is 0 Å². The molecule has 0 radical (unpaired) electrons. The summed E-state index contributed by atoms with van der Waals surface area (Å²) in [5.74, 6) is 0. The van der Waals surface area contributed by atoms with E-state index in [0.717, 1.165) is 16.8 Å². The average molecular weight is 354 g/mol. The van der Waals surface area contributed by atoms with Crippen LogP contribution in [0.3, 0.4) is 0 Å². The normalized spacial score (nSPS) is 11.7. The molecule has 0 N–H and O–H groups in total. The Labute approximate surface area is 156 Å². The van der Waals surface area contributed by atoms with Gasteiger partial charge in [-0.25, -0.2) is 4.98 Å². The van der Waals surface area contributed by atoms with E-state index in [1.807, 2.05) is 6.07 Å². The molecule has 0 fully saturated rings. The van der Waals surface area contributed by atoms with E-state index >= 15 is 0 Å². The number of aromatic nitrogens is 1. The maximum Gasteiger partial charge on any atom is 0.0776 e. The van der Waals surface area contributed by atoms with Crippen LogP contribution in [0.15, 0.2) is 84.9 Å². The summed E-state index contributed by atoms with van der Waals surface area (Å²) in [7, 11) is -1.38. The second-order valence-corrected chi connectivity index (χ2v) is 12.8. The lowest BCUT2D eigenvalue weighted by atomic mass is 9.98. The van der Waals surface area contributed by atoms with Crippen LogP contribution >= 0.6 is 0 Å². The molecule has 0 saturated heterocycles. The molecule has 1 aromatic heterocycles. The number of hydrogen-bond acceptors (Lipinski definition) is 1. The highest BCUT2D eigenvalue weighted by atomic mass is 28.3. The number of nitrogens with zero attached hydrogens (tertiary/aromatic N) is 1. The van der Waals surface area contributed by atoms with Crippen molar-refractivity contribution in [2.24, 2.45) is 0 Å². The Bertz CT molecular complexity index is 1050. The summed E-state index contributed by atoms with van der Waals surface area (Å²) in [6, 6.07) is 30.1. The molecule has 0 saturated carbocycles. The second kappa shape index (κ2) is 6.54. The van der Waals surface area contributed by atoms with Gasteiger partial charge in [-0.15, -0.1) is 0 Å². The van der Waals surface area contributed by atoms with Gasteiger partial charge in [-0.1, -0.05) is 97.6 Å². The van der Waals surface area contributed by atoms with Crippen molar-refractivity contribution in [3.63, 3.8) is 0 Å². The van der Waals surface area contributed by atoms with Crippen molar-refractivity contribution in [2.45, 2.75) is 19.6 Å². The smallest absolute Gasteiger partial charge is 0.0776 e. The molecule has 0 bridgehead atoms. The van der Waals surface area contributed by atoms with Gasteiger partial charge in [0, 0.05) is 10.9 Å². The SMILES string of the molecule is C[Si](C)(C)c1ccc2nc(-c3ccccc3)cc(-c3ccccc3)c2c1. The summed E-state index contributed by atoms with van der Waals surface area (Å²) in [5, 5.41) is 2.72. The molecule has 128 valence electrons. The van der Waals surface area contributed by atoms with Gasteiger partial charge in [0.15, 0.2) is 0 Å². The molecule has 1 heterocycles. The van der Waals surface area contributed by atoms with E-state index in [9.17, 15) is 0 Å². The first-order valence-electron chi connectivity index (χ1n) is 9.08. The van der Waals surface area contributed by atoms with Gasteiger partial charge in [-0.3, -0.25) is 0 Å². The van der Waals surface area contributed by atoms with Gasteiger partial charge >= 0.3 is 0 Å². The fourth-order valence-electron chi connectivity index (χ4n) is 3.31. The lowest BCUT2D eigenvalue weighted by molar-refractivity contribution is 1.40. The molecule has 0 amide bonds. The Hall–Kier alpha value is -2.71. The summed E-state index contributed by atoms with van der Waals surface area (Å²) in [6.45, 7) is 7.17. The first-order chi connectivity index (χ1) is 12.5. The van der Waals surface area contributed by atoms with E-state index in [0.29, 0.717) is 0 Å². The monoisotopic (exact) mass is 353 g/mol. The van der Waals surface area contributed by atoms with Crippen LogP contribution in [0.4, 0.5) is 0 Å². The molecule has 2 heteroatoms. The van der Waals surface area contributed by atoms with Gasteiger partial charge in [0.05, 0.1) is 19.3 Å². The zero-order chi connectivity index (χ0) is 18.1. The van der Waals surface area contributed by atoms with Crippen LogP contribution in [0.25, 0.3) is 33.3 Å². The van der Waals surface area contributed by atoms with Crippen molar-refractivity contribution in [1.29, 1.82) is 0 Å². The van der Waals surface area contributed by atoms with Crippen LogP contribution in [-0.4, -0.2) is 13.1 Å². The van der Waals surface area contributed by atoms with Crippen molar-refractivity contribution < 1.29 is 0 Å². The zero-order valence-electron chi connectivity index (χ0n) is 15.5. The number of hydrogen-bond donors (Lipinski definition) is 0. The first kappa shape index (κ1) is 16.7. The summed E-state index contributed by atoms with van der Waals surface area (Å²) < 4.78 is 0. The van der Waals surface area contributed by atoms with E-state index in [4.69, 9.17) is 4.98 Å². The maximum atomic E-state index is 4.97. The molecule has 4 aromatic rings. The highest BCUT2D eigenvalue weighted by molar-refractivity contribution is 6.88. The number of pyridine rings is 1. The molecule has 0 aliphatic carbocycles. The molecule has 26 heavy (non-hydrogen) atoms. The van der Waals surface area contributed by atoms with E-state index < -0.39 is 8.07 Å². The fraction of sp³-hybridized carbons (Fsp3) is 0.125. The minimum atomic E-state index is -1.38. The molecule has 0 aliphatic rings. The summed E-state index contributed by atoms with van der Waals surface area (Å²) in [5.41, 5.74) is 5.74. The number of benzene rings is 3. The van der Waals surface area contributed by atoms with Gasteiger partial charge in [0.25, 0.3) is 0 Å². The highest BCUT2D eigenvalue weighted by Gasteiger charge is 2.18. The largest absolute Gasteiger partial charge is 0.248 e. The summed E-state index contributed by atoms with van der Waals surface area (Å²) in [4.78, 5) is 4.97. The third-order valence-electron chi connectivity index (χ3n) is 4.83. The second-order valence-electron chi connectivity index (χ2n) is 7.77. The molecule has 0 unspecified atom stereocenters. The molecule has 1 nitrogen and oxygen atoms in total. The molecular formula is C24H23NSi. The van der Waals surface area contributed by atoms with Gasteiger partial charge < -0.3 is 0 Å². The molecule has 4 rings (SSSR count). The van der Waals surface area contributed by atoms with E-state index in [2.05, 4.69) is 98.5 Å². The van der Waals surface area contributed by atoms with E-state index in [-0.39, 0.29) is 0 Å². The van der Waals surface area contributed by atoms with Crippen molar-refractivity contribution in [1.82, 2.24) is 4.98 Å². The van der Waals surface area contributed by atoms with Gasteiger partial charge in [-0.2, -0.15) is 0 Å². The quantitative estimate of drug-likeness (QED) is 0.405. The zero-order valence-corrected chi connectivity index (χ0v) is 16.5. The van der Waals surface area contributed by atoms with Crippen LogP contribution < -0.4 is 5.19 Å². The van der Waals surface area contributed by atoms with Crippen molar-refractivity contribution in [2.75, 3.05) is 0 Å². The molecular weight excluding hydrogens is 330 g/mol. The third kappa shape index (κ3) is 3.20. The van der Waals surface area contributed by atoms with Crippen LogP contribution in [0.2, 0.25) is 19.6 Å². The van der Waals surface area contributed by atoms with Gasteiger partial charge in [0.1, 0.15) is 0 Å². The lowest BCUT2D eigenvalue weighted by Crippen LogP contribution is -2.37. The van der Waals surface area contributed by atoms with Crippen molar-refractivity contribution in [3.05, 3.63) is 84.9 Å². The van der Waals surface area contributed by atoms with Crippen LogP contribution in [0.5, 0.6) is 0 Å². The highest BCUT2D eigenvalue weighted by Crippen LogP contribution is 2.31. The molecule has 0 atom stereocenters. The predicted octanol–water partition coefficient (Wildman–Crippen LogP) is 6.11. The van der Waals surface area contributed by atoms with Crippen LogP contribution in [0, 0.1) is 0 Å². The van der Waals surface area contributed by atoms with Gasteiger partial charge in [0.2, 0.25) is 0 Å². The predicted molar refractivity (Wildman–Crippen MR) is 116 cm³/mol. The lowest BCUT2D eigenvalue weighted by Gasteiger charge is -2.18. The van der Waals surface area contributed by atoms with E-state index in [1.54, 1.807) is 0 Å². The molecule has 3 aromatic carbocycles. The minimum absolute atomic E-state index is 1.03. The van der Waals surface area contributed by atoms with E-state index in [1.165, 1.54) is 21.7 Å². The third-order valence-corrected chi connectivity index (χ3v) is 6.87. The molecule has 0 spiro atoms. The Morgan fingerprint density at radius 1 is 0.654 bits per heavy atom. The first-order valence-corrected chi connectivity index (χ1v) is 12.6. The van der Waals surface area contributed by atoms with Crippen LogP contribution in [-0.2, 0) is 0 Å². The Morgan fingerprint density at radius 2 is 1.27 bits per heavy atom. The van der Waals surface area contributed by atoms with Crippen molar-refractivity contribution >= 4 is 24.2 Å². The Kier molecular flexibility index (Phi) is 4.21. The Balaban J connectivity index is 2.02. The number of rotatable bonds is 3.